The van der Waals surface area contributed by atoms with Gasteiger partial charge in [0.25, 0.3) is 5.56 Å². The molecule has 0 spiro atoms. The minimum atomic E-state index is -1.87. The average molecular weight is 548 g/mol. The lowest BCUT2D eigenvalue weighted by molar-refractivity contribution is -0.172. The van der Waals surface area contributed by atoms with Crippen molar-refractivity contribution < 1.29 is 29.2 Å². The summed E-state index contributed by atoms with van der Waals surface area (Å²) in [7, 11) is 0. The maximum Gasteiger partial charge on any atom is 0.343 e. The summed E-state index contributed by atoms with van der Waals surface area (Å²) in [5.74, 6) is 0.881. The van der Waals surface area contributed by atoms with Crippen LogP contribution in [0.3, 0.4) is 0 Å². The largest absolute Gasteiger partial charge is 0.486 e. The first kappa shape index (κ1) is 25.5. The molecule has 0 aliphatic carbocycles. The molecule has 6 heterocycles. The molecule has 10 nitrogen and oxygen atoms in total. The van der Waals surface area contributed by atoms with Crippen molar-refractivity contribution in [1.82, 2.24) is 14.5 Å². The Balaban J connectivity index is 1.39. The second-order valence-corrected chi connectivity index (χ2v) is 11.4. The molecule has 210 valence electrons. The van der Waals surface area contributed by atoms with E-state index in [0.717, 1.165) is 48.0 Å². The van der Waals surface area contributed by atoms with Crippen molar-refractivity contribution in [2.45, 2.75) is 64.5 Å². The van der Waals surface area contributed by atoms with Gasteiger partial charge in [0.2, 0.25) is 0 Å². The van der Waals surface area contributed by atoms with E-state index in [2.05, 4.69) is 4.90 Å². The van der Waals surface area contributed by atoms with Crippen LogP contribution in [0.25, 0.3) is 22.3 Å². The van der Waals surface area contributed by atoms with Gasteiger partial charge in [0.15, 0.2) is 17.1 Å². The molecule has 10 heteroatoms. The molecule has 2 N–H and O–H groups in total. The number of aliphatic hydroxyl groups is 2. The zero-order valence-corrected chi connectivity index (χ0v) is 22.7. The zero-order valence-electron chi connectivity index (χ0n) is 22.7. The van der Waals surface area contributed by atoms with Crippen molar-refractivity contribution in [2.75, 3.05) is 26.3 Å². The predicted octanol–water partition coefficient (Wildman–Crippen LogP) is 2.44. The number of carbonyl (C=O) groups is 1. The lowest BCUT2D eigenvalue weighted by Crippen LogP contribution is -2.44. The van der Waals surface area contributed by atoms with Gasteiger partial charge in [0, 0.05) is 29.1 Å². The topological polar surface area (TPSA) is 123 Å². The summed E-state index contributed by atoms with van der Waals surface area (Å²) in [6.45, 7) is 7.08. The van der Waals surface area contributed by atoms with E-state index >= 15 is 0 Å². The Hall–Kier alpha value is -3.47. The summed E-state index contributed by atoms with van der Waals surface area (Å²) in [5, 5.41) is 22.3. The fourth-order valence-corrected chi connectivity index (χ4v) is 6.70. The minimum absolute atomic E-state index is 0.0941. The smallest absolute Gasteiger partial charge is 0.343 e. The van der Waals surface area contributed by atoms with Gasteiger partial charge in [0.05, 0.1) is 35.1 Å². The third-order valence-corrected chi connectivity index (χ3v) is 9.17. The van der Waals surface area contributed by atoms with Crippen molar-refractivity contribution in [1.29, 1.82) is 0 Å². The predicted molar refractivity (Wildman–Crippen MR) is 145 cm³/mol. The molecule has 40 heavy (non-hydrogen) atoms. The van der Waals surface area contributed by atoms with E-state index in [-0.39, 0.29) is 24.7 Å². The molecule has 1 aromatic carbocycles. The SMILES string of the molecule is CC[C@@]1(O)C(=O)OCc2c1cc1n(c2=O)Cc2c-1nc1cc3c(cc1c2CN1CCC([C@@H](C)O)CC1)OCCO3. The Labute approximate surface area is 231 Å². The Morgan fingerprint density at radius 1 is 1.07 bits per heavy atom. The van der Waals surface area contributed by atoms with Crippen LogP contribution < -0.4 is 15.0 Å². The van der Waals surface area contributed by atoms with Crippen LogP contribution in [0.1, 0.15) is 55.4 Å². The Morgan fingerprint density at radius 3 is 2.50 bits per heavy atom. The van der Waals surface area contributed by atoms with Crippen LogP contribution in [-0.4, -0.2) is 63.0 Å². The lowest BCUT2D eigenvalue weighted by atomic mass is 9.86. The second-order valence-electron chi connectivity index (χ2n) is 11.4. The number of fused-ring (bicyclic) bond motifs is 6. The van der Waals surface area contributed by atoms with Gasteiger partial charge < -0.3 is 29.0 Å². The fraction of sp³-hybridized carbons (Fsp3) is 0.500. The Bertz CT molecular complexity index is 1610. The Kier molecular flexibility index (Phi) is 5.92. The third kappa shape index (κ3) is 3.77. The van der Waals surface area contributed by atoms with Gasteiger partial charge in [-0.15, -0.1) is 0 Å². The summed E-state index contributed by atoms with van der Waals surface area (Å²) in [5.41, 5.74) is 2.50. The number of pyridine rings is 2. The summed E-state index contributed by atoms with van der Waals surface area (Å²) in [4.78, 5) is 33.7. The normalized spacial score (nSPS) is 22.9. The van der Waals surface area contributed by atoms with E-state index in [0.29, 0.717) is 66.2 Å². The first-order valence-electron chi connectivity index (χ1n) is 14.1. The number of benzene rings is 1. The van der Waals surface area contributed by atoms with Crippen LogP contribution in [-0.2, 0) is 34.8 Å². The van der Waals surface area contributed by atoms with Gasteiger partial charge in [-0.25, -0.2) is 9.78 Å². The van der Waals surface area contributed by atoms with Gasteiger partial charge in [-0.1, -0.05) is 6.92 Å². The molecule has 7 rings (SSSR count). The number of esters is 1. The van der Waals surface area contributed by atoms with Crippen LogP contribution in [0.15, 0.2) is 23.0 Å². The van der Waals surface area contributed by atoms with E-state index in [1.165, 1.54) is 0 Å². The molecule has 2 aromatic heterocycles. The molecule has 0 unspecified atom stereocenters. The van der Waals surface area contributed by atoms with Crippen molar-refractivity contribution >= 4 is 16.9 Å². The van der Waals surface area contributed by atoms with Crippen LogP contribution in [0.4, 0.5) is 0 Å². The number of nitrogens with zero attached hydrogens (tertiary/aromatic N) is 3. The van der Waals surface area contributed by atoms with Gasteiger partial charge >= 0.3 is 5.97 Å². The number of piperidine rings is 1. The van der Waals surface area contributed by atoms with Crippen LogP contribution in [0, 0.1) is 5.92 Å². The minimum Gasteiger partial charge on any atom is -0.486 e. The molecule has 2 atom stereocenters. The molecule has 0 saturated carbocycles. The maximum absolute atomic E-state index is 13.7. The highest BCUT2D eigenvalue weighted by Gasteiger charge is 2.45. The quantitative estimate of drug-likeness (QED) is 0.371. The summed E-state index contributed by atoms with van der Waals surface area (Å²) < 4.78 is 18.7. The molecule has 3 aromatic rings. The average Bonchev–Trinajstić information content (AvgIpc) is 3.33. The molecular formula is C30H33N3O7. The number of cyclic esters (lactones) is 1. The molecule has 1 fully saturated rings. The summed E-state index contributed by atoms with van der Waals surface area (Å²) >= 11 is 0. The van der Waals surface area contributed by atoms with Crippen molar-refractivity contribution in [3.05, 3.63) is 50.8 Å². The van der Waals surface area contributed by atoms with E-state index in [1.54, 1.807) is 17.6 Å². The highest BCUT2D eigenvalue weighted by molar-refractivity contribution is 5.91. The maximum atomic E-state index is 13.7. The molecular weight excluding hydrogens is 514 g/mol. The van der Waals surface area contributed by atoms with Crippen LogP contribution >= 0.6 is 0 Å². The number of rotatable bonds is 4. The van der Waals surface area contributed by atoms with Gasteiger partial charge in [-0.05, 0) is 62.9 Å². The monoisotopic (exact) mass is 547 g/mol. The van der Waals surface area contributed by atoms with Gasteiger partial charge in [-0.2, -0.15) is 0 Å². The standard InChI is InChI=1S/C30H33N3O7/c1-3-30(37)22-11-24-27-20(14-33(24)28(35)21(22)15-40-29(30)36)19(13-32-6-4-17(5-7-32)16(2)34)18-10-25-26(12-23(18)31-27)39-9-8-38-25/h10-12,16-17,34,37H,3-9,13-15H2,1-2H3/t16-,30+/m1/s1. The molecule has 0 radical (unpaired) electrons. The number of aromatic nitrogens is 2. The number of ether oxygens (including phenoxy) is 3. The van der Waals surface area contributed by atoms with Gasteiger partial charge in [-0.3, -0.25) is 9.69 Å². The lowest BCUT2D eigenvalue weighted by Gasteiger charge is -2.34. The number of hydrogen-bond acceptors (Lipinski definition) is 9. The van der Waals surface area contributed by atoms with Crippen LogP contribution in [0.5, 0.6) is 11.5 Å². The summed E-state index contributed by atoms with van der Waals surface area (Å²) in [6, 6.07) is 5.64. The zero-order chi connectivity index (χ0) is 27.8. The Morgan fingerprint density at radius 2 is 1.80 bits per heavy atom. The highest BCUT2D eigenvalue weighted by Crippen LogP contribution is 2.43. The fourth-order valence-electron chi connectivity index (χ4n) is 6.70. The highest BCUT2D eigenvalue weighted by atomic mass is 16.6. The van der Waals surface area contributed by atoms with E-state index in [1.807, 2.05) is 19.1 Å². The van der Waals surface area contributed by atoms with Crippen molar-refractivity contribution in [3.63, 3.8) is 0 Å². The number of likely N-dealkylation sites (tertiary alicyclic amines) is 1. The molecule has 0 amide bonds. The first-order valence-corrected chi connectivity index (χ1v) is 14.1. The molecule has 4 aliphatic heterocycles. The van der Waals surface area contributed by atoms with E-state index < -0.39 is 11.6 Å². The number of aliphatic hydroxyl groups excluding tert-OH is 1. The molecule has 4 aliphatic rings. The van der Waals surface area contributed by atoms with Crippen molar-refractivity contribution in [3.8, 4) is 22.9 Å². The number of hydrogen-bond donors (Lipinski definition) is 2. The number of carbonyl (C=O) groups excluding carboxylic acids is 1. The van der Waals surface area contributed by atoms with E-state index in [4.69, 9.17) is 19.2 Å². The van der Waals surface area contributed by atoms with Crippen LogP contribution in [0.2, 0.25) is 0 Å². The first-order chi connectivity index (χ1) is 19.3. The van der Waals surface area contributed by atoms with E-state index in [9.17, 15) is 19.8 Å². The second kappa shape index (κ2) is 9.29. The third-order valence-electron chi connectivity index (χ3n) is 9.17. The molecule has 0 bridgehead atoms. The van der Waals surface area contributed by atoms with Gasteiger partial charge in [0.1, 0.15) is 19.8 Å². The van der Waals surface area contributed by atoms with Crippen molar-refractivity contribution in [2.24, 2.45) is 5.92 Å². The molecule has 1 saturated heterocycles. The summed E-state index contributed by atoms with van der Waals surface area (Å²) in [6.07, 6.45) is 1.62.